The zero-order chi connectivity index (χ0) is 11.7. The largest absolute Gasteiger partial charge is 0.325 e. The van der Waals surface area contributed by atoms with Crippen molar-refractivity contribution in [2.75, 3.05) is 11.9 Å². The maximum absolute atomic E-state index is 11.3. The number of amides is 3. The minimum Gasteiger partial charge on any atom is -0.325 e. The molecule has 0 saturated heterocycles. The van der Waals surface area contributed by atoms with E-state index in [4.69, 9.17) is 5.73 Å². The van der Waals surface area contributed by atoms with Crippen LogP contribution in [0.2, 0.25) is 0 Å². The van der Waals surface area contributed by atoms with Crippen LogP contribution in [0.25, 0.3) is 0 Å². The molecule has 0 spiro atoms. The fraction of sp³-hybridized carbons (Fsp3) is 0.100. The Bertz CT molecular complexity index is 464. The van der Waals surface area contributed by atoms with Crippen molar-refractivity contribution in [3.63, 3.8) is 0 Å². The van der Waals surface area contributed by atoms with Crippen LogP contribution in [0.5, 0.6) is 0 Å². The van der Waals surface area contributed by atoms with Crippen LogP contribution < -0.4 is 16.4 Å². The molecule has 0 unspecified atom stereocenters. The Hall–Kier alpha value is -2.21. The van der Waals surface area contributed by atoms with E-state index >= 15 is 0 Å². The molecule has 1 aliphatic heterocycles. The molecule has 0 atom stereocenters. The maximum Gasteiger partial charge on any atom is 0.258 e. The second-order valence-corrected chi connectivity index (χ2v) is 3.33. The number of hydrogen-bond donors (Lipinski definition) is 3. The third-order valence-electron chi connectivity index (χ3n) is 2.15. The van der Waals surface area contributed by atoms with E-state index < -0.39 is 11.8 Å². The zero-order valence-electron chi connectivity index (χ0n) is 8.24. The highest BCUT2D eigenvalue weighted by atomic mass is 16.2. The van der Waals surface area contributed by atoms with E-state index in [2.05, 4.69) is 10.6 Å². The van der Waals surface area contributed by atoms with Crippen molar-refractivity contribution in [2.45, 2.75) is 0 Å². The third-order valence-corrected chi connectivity index (χ3v) is 2.15. The standard InChI is InChI=1S/C10H9N3O3/c11-4-8(14)12-7-2-5-1-6(3-7)10(16)13-9(5)15/h1-3H,4,11H2,(H,12,14)(H,13,15,16). The molecule has 0 radical (unpaired) electrons. The lowest BCUT2D eigenvalue weighted by atomic mass is 10.0. The normalized spacial score (nSPS) is 13.3. The summed E-state index contributed by atoms with van der Waals surface area (Å²) in [5.74, 6) is -1.32. The molecule has 1 aromatic carbocycles. The number of carbonyl (C=O) groups is 3. The number of nitrogens with two attached hydrogens (primary N) is 1. The molecule has 2 bridgehead atoms. The highest BCUT2D eigenvalue weighted by Gasteiger charge is 2.21. The van der Waals surface area contributed by atoms with Crippen LogP contribution in [0.1, 0.15) is 20.7 Å². The fourth-order valence-electron chi connectivity index (χ4n) is 1.42. The van der Waals surface area contributed by atoms with E-state index in [1.807, 2.05) is 0 Å². The summed E-state index contributed by atoms with van der Waals surface area (Å²) in [5.41, 5.74) is 6.21. The Morgan fingerprint density at radius 2 is 1.75 bits per heavy atom. The van der Waals surface area contributed by atoms with Crippen LogP contribution >= 0.6 is 0 Å². The first-order valence-electron chi connectivity index (χ1n) is 4.61. The van der Waals surface area contributed by atoms with Crippen molar-refractivity contribution in [1.29, 1.82) is 0 Å². The summed E-state index contributed by atoms with van der Waals surface area (Å²) in [6, 6.07) is 4.44. The van der Waals surface area contributed by atoms with Gasteiger partial charge in [0.15, 0.2) is 0 Å². The maximum atomic E-state index is 11.3. The first-order valence-corrected chi connectivity index (χ1v) is 4.61. The quantitative estimate of drug-likeness (QED) is 0.582. The molecule has 82 valence electrons. The van der Waals surface area contributed by atoms with E-state index in [0.717, 1.165) is 0 Å². The molecule has 1 heterocycles. The van der Waals surface area contributed by atoms with E-state index in [1.165, 1.54) is 18.2 Å². The van der Waals surface area contributed by atoms with E-state index in [9.17, 15) is 14.4 Å². The molecule has 16 heavy (non-hydrogen) atoms. The van der Waals surface area contributed by atoms with Crippen LogP contribution in [0, 0.1) is 0 Å². The molecule has 0 fully saturated rings. The minimum atomic E-state index is -0.471. The Labute approximate surface area is 90.8 Å². The molecule has 6 heteroatoms. The SMILES string of the molecule is NCC(=O)Nc1cc2cc(c1)C(=O)NC2=O. The van der Waals surface area contributed by atoms with Gasteiger partial charge in [-0.05, 0) is 18.2 Å². The molecular weight excluding hydrogens is 210 g/mol. The van der Waals surface area contributed by atoms with Gasteiger partial charge in [0.2, 0.25) is 5.91 Å². The highest BCUT2D eigenvalue weighted by molar-refractivity contribution is 6.15. The summed E-state index contributed by atoms with van der Waals surface area (Å²) in [5, 5.41) is 4.66. The lowest BCUT2D eigenvalue weighted by molar-refractivity contribution is -0.114. The molecule has 1 aliphatic rings. The van der Waals surface area contributed by atoms with Gasteiger partial charge in [0, 0.05) is 16.8 Å². The van der Waals surface area contributed by atoms with Crippen LogP contribution in [0.4, 0.5) is 5.69 Å². The summed E-state index contributed by atoms with van der Waals surface area (Å²) < 4.78 is 0. The minimum absolute atomic E-state index is 0.153. The van der Waals surface area contributed by atoms with Crippen molar-refractivity contribution in [3.05, 3.63) is 29.3 Å². The van der Waals surface area contributed by atoms with Crippen molar-refractivity contribution in [1.82, 2.24) is 5.32 Å². The monoisotopic (exact) mass is 219 g/mol. The molecule has 4 N–H and O–H groups in total. The summed E-state index contributed by atoms with van der Waals surface area (Å²) >= 11 is 0. The topological polar surface area (TPSA) is 101 Å². The summed E-state index contributed by atoms with van der Waals surface area (Å²) in [6.45, 7) is -0.153. The fourth-order valence-corrected chi connectivity index (χ4v) is 1.42. The van der Waals surface area contributed by atoms with E-state index in [1.54, 1.807) is 0 Å². The number of anilines is 1. The summed E-state index contributed by atoms with van der Waals surface area (Å²) in [6.07, 6.45) is 0. The molecule has 1 aromatic rings. The smallest absolute Gasteiger partial charge is 0.258 e. The Morgan fingerprint density at radius 1 is 1.19 bits per heavy atom. The van der Waals surface area contributed by atoms with Crippen LogP contribution in [0.3, 0.4) is 0 Å². The molecule has 6 nitrogen and oxygen atoms in total. The van der Waals surface area contributed by atoms with Crippen molar-refractivity contribution >= 4 is 23.4 Å². The average Bonchev–Trinajstić information content (AvgIpc) is 2.26. The van der Waals surface area contributed by atoms with Gasteiger partial charge in [0.25, 0.3) is 11.8 Å². The number of hydrogen-bond acceptors (Lipinski definition) is 4. The number of benzene rings is 1. The Balaban J connectivity index is 2.37. The number of rotatable bonds is 2. The van der Waals surface area contributed by atoms with Crippen molar-refractivity contribution in [2.24, 2.45) is 5.73 Å². The van der Waals surface area contributed by atoms with Crippen LogP contribution in [-0.2, 0) is 4.79 Å². The van der Waals surface area contributed by atoms with Gasteiger partial charge >= 0.3 is 0 Å². The first kappa shape index (κ1) is 10.3. The molecule has 3 amide bonds. The van der Waals surface area contributed by atoms with Crippen LogP contribution in [-0.4, -0.2) is 24.3 Å². The summed E-state index contributed by atoms with van der Waals surface area (Å²) in [4.78, 5) is 33.7. The van der Waals surface area contributed by atoms with Crippen LogP contribution in [0.15, 0.2) is 18.2 Å². The molecular formula is C10H9N3O3. The van der Waals surface area contributed by atoms with Gasteiger partial charge < -0.3 is 11.1 Å². The van der Waals surface area contributed by atoms with Gasteiger partial charge in [-0.2, -0.15) is 0 Å². The average molecular weight is 219 g/mol. The number of fused-ring (bicyclic) bond motifs is 2. The van der Waals surface area contributed by atoms with Gasteiger partial charge in [-0.3, -0.25) is 19.7 Å². The molecule has 0 aliphatic carbocycles. The number of nitrogens with one attached hydrogen (secondary N) is 2. The molecule has 0 saturated carbocycles. The predicted molar refractivity (Wildman–Crippen MR) is 55.9 cm³/mol. The Kier molecular flexibility index (Phi) is 2.41. The van der Waals surface area contributed by atoms with E-state index in [-0.39, 0.29) is 12.5 Å². The van der Waals surface area contributed by atoms with Gasteiger partial charge in [0.1, 0.15) is 0 Å². The van der Waals surface area contributed by atoms with Gasteiger partial charge in [-0.15, -0.1) is 0 Å². The third kappa shape index (κ3) is 1.78. The second kappa shape index (κ2) is 3.74. The predicted octanol–water partition coefficient (Wildman–Crippen LogP) is -0.533. The van der Waals surface area contributed by atoms with Gasteiger partial charge in [0.05, 0.1) is 6.54 Å². The number of carbonyl (C=O) groups excluding carboxylic acids is 3. The van der Waals surface area contributed by atoms with Gasteiger partial charge in [-0.1, -0.05) is 0 Å². The highest BCUT2D eigenvalue weighted by Crippen LogP contribution is 2.18. The number of imide groups is 1. The van der Waals surface area contributed by atoms with Gasteiger partial charge in [-0.25, -0.2) is 0 Å². The summed E-state index contributed by atoms with van der Waals surface area (Å²) in [7, 11) is 0. The van der Waals surface area contributed by atoms with E-state index in [0.29, 0.717) is 16.8 Å². The zero-order valence-corrected chi connectivity index (χ0v) is 8.24. The second-order valence-electron chi connectivity index (χ2n) is 3.33. The van der Waals surface area contributed by atoms with Crippen molar-refractivity contribution < 1.29 is 14.4 Å². The van der Waals surface area contributed by atoms with Crippen molar-refractivity contribution in [3.8, 4) is 0 Å². The lowest BCUT2D eigenvalue weighted by Gasteiger charge is -2.14. The first-order chi connectivity index (χ1) is 7.60. The molecule has 0 aromatic heterocycles. The lowest BCUT2D eigenvalue weighted by Crippen LogP contribution is -2.34. The molecule has 2 rings (SSSR count). The Morgan fingerprint density at radius 3 is 2.25 bits per heavy atom.